The van der Waals surface area contributed by atoms with Gasteiger partial charge in [-0.2, -0.15) is 8.78 Å². The van der Waals surface area contributed by atoms with Gasteiger partial charge in [0.1, 0.15) is 11.5 Å². The fourth-order valence-corrected chi connectivity index (χ4v) is 2.71. The molecule has 134 valence electrons. The molecule has 0 unspecified atom stereocenters. The minimum absolute atomic E-state index is 0.200. The normalized spacial score (nSPS) is 11.4. The van der Waals surface area contributed by atoms with Crippen molar-refractivity contribution in [2.75, 3.05) is 5.32 Å². The molecule has 0 amide bonds. The van der Waals surface area contributed by atoms with Crippen LogP contribution in [-0.4, -0.2) is 9.97 Å². The molecule has 3 rings (SSSR count). The van der Waals surface area contributed by atoms with Crippen molar-refractivity contribution in [2.45, 2.75) is 19.4 Å². The summed E-state index contributed by atoms with van der Waals surface area (Å²) in [6, 6.07) is 11.4. The summed E-state index contributed by atoms with van der Waals surface area (Å²) in [5.74, 6) is -3.73. The highest BCUT2D eigenvalue weighted by Crippen LogP contribution is 2.33. The SMILES string of the molecule is CC(F)(F)c1nc(-c2cncc(F)c2)ccc1NCc1cccc(Cl)c1. The van der Waals surface area contributed by atoms with Crippen LogP contribution in [-0.2, 0) is 12.5 Å². The Labute approximate surface area is 153 Å². The minimum atomic E-state index is -3.17. The van der Waals surface area contributed by atoms with E-state index in [0.29, 0.717) is 17.1 Å². The maximum absolute atomic E-state index is 14.1. The molecule has 2 heterocycles. The van der Waals surface area contributed by atoms with E-state index in [1.54, 1.807) is 24.3 Å². The van der Waals surface area contributed by atoms with E-state index in [9.17, 15) is 13.2 Å². The number of nitrogens with one attached hydrogen (secondary N) is 1. The van der Waals surface area contributed by atoms with E-state index in [0.717, 1.165) is 18.7 Å². The molecule has 0 aliphatic heterocycles. The lowest BCUT2D eigenvalue weighted by Gasteiger charge is -2.17. The molecule has 0 bridgehead atoms. The van der Waals surface area contributed by atoms with Crippen LogP contribution in [0.25, 0.3) is 11.3 Å². The number of nitrogens with zero attached hydrogens (tertiary/aromatic N) is 2. The standard InChI is InChI=1S/C19H15ClF3N3/c1-19(22,23)18-17(25-9-12-3-2-4-14(20)7-12)6-5-16(26-18)13-8-15(21)11-24-10-13/h2-8,10-11,25H,9H2,1H3. The van der Waals surface area contributed by atoms with E-state index in [1.807, 2.05) is 6.07 Å². The molecule has 0 aliphatic rings. The summed E-state index contributed by atoms with van der Waals surface area (Å²) in [5, 5.41) is 3.53. The minimum Gasteiger partial charge on any atom is -0.379 e. The van der Waals surface area contributed by atoms with Crippen LogP contribution in [0.3, 0.4) is 0 Å². The van der Waals surface area contributed by atoms with E-state index in [4.69, 9.17) is 11.6 Å². The molecule has 0 saturated heterocycles. The molecule has 1 aromatic carbocycles. The third-order valence-corrected chi connectivity index (χ3v) is 3.92. The Kier molecular flexibility index (Phi) is 5.13. The van der Waals surface area contributed by atoms with E-state index in [-0.39, 0.29) is 11.4 Å². The van der Waals surface area contributed by atoms with Crippen LogP contribution in [0, 0.1) is 5.82 Å². The third kappa shape index (κ3) is 4.32. The first-order valence-electron chi connectivity index (χ1n) is 7.81. The van der Waals surface area contributed by atoms with Gasteiger partial charge in [-0.3, -0.25) is 4.98 Å². The maximum atomic E-state index is 14.1. The van der Waals surface area contributed by atoms with E-state index in [1.165, 1.54) is 18.3 Å². The number of anilines is 1. The highest BCUT2D eigenvalue weighted by atomic mass is 35.5. The van der Waals surface area contributed by atoms with Gasteiger partial charge in [-0.25, -0.2) is 9.37 Å². The smallest absolute Gasteiger partial charge is 0.289 e. The lowest BCUT2D eigenvalue weighted by atomic mass is 10.1. The number of benzene rings is 1. The fourth-order valence-electron chi connectivity index (χ4n) is 2.49. The number of halogens is 4. The zero-order chi connectivity index (χ0) is 18.7. The van der Waals surface area contributed by atoms with Gasteiger partial charge in [-0.1, -0.05) is 23.7 Å². The van der Waals surface area contributed by atoms with Crippen LogP contribution >= 0.6 is 11.6 Å². The van der Waals surface area contributed by atoms with Crippen molar-refractivity contribution in [3.05, 3.63) is 77.0 Å². The Morgan fingerprint density at radius 1 is 1.12 bits per heavy atom. The number of hydrogen-bond donors (Lipinski definition) is 1. The Hall–Kier alpha value is -2.60. The first kappa shape index (κ1) is 18.2. The molecule has 0 saturated carbocycles. The van der Waals surface area contributed by atoms with Crippen LogP contribution in [0.4, 0.5) is 18.9 Å². The van der Waals surface area contributed by atoms with Gasteiger partial charge in [0, 0.05) is 30.3 Å². The molecular formula is C19H15ClF3N3. The molecule has 0 radical (unpaired) electrons. The topological polar surface area (TPSA) is 37.8 Å². The second-order valence-corrected chi connectivity index (χ2v) is 6.29. The summed E-state index contributed by atoms with van der Waals surface area (Å²) in [5.41, 5.74) is 1.19. The quantitative estimate of drug-likeness (QED) is 0.623. The van der Waals surface area contributed by atoms with E-state index >= 15 is 0 Å². The van der Waals surface area contributed by atoms with Gasteiger partial charge in [0.25, 0.3) is 5.92 Å². The van der Waals surface area contributed by atoms with Crippen LogP contribution < -0.4 is 5.32 Å². The van der Waals surface area contributed by atoms with Crippen molar-refractivity contribution in [1.29, 1.82) is 0 Å². The number of rotatable bonds is 5. The Morgan fingerprint density at radius 2 is 1.92 bits per heavy atom. The van der Waals surface area contributed by atoms with Crippen molar-refractivity contribution in [2.24, 2.45) is 0 Å². The monoisotopic (exact) mass is 377 g/mol. The van der Waals surface area contributed by atoms with Crippen LogP contribution in [0.2, 0.25) is 5.02 Å². The zero-order valence-electron chi connectivity index (χ0n) is 13.8. The van der Waals surface area contributed by atoms with Gasteiger partial charge < -0.3 is 5.32 Å². The number of pyridine rings is 2. The van der Waals surface area contributed by atoms with Gasteiger partial charge in [-0.15, -0.1) is 0 Å². The molecule has 0 spiro atoms. The van der Waals surface area contributed by atoms with E-state index < -0.39 is 17.4 Å². The molecule has 0 fully saturated rings. The van der Waals surface area contributed by atoms with E-state index in [2.05, 4.69) is 15.3 Å². The third-order valence-electron chi connectivity index (χ3n) is 3.68. The van der Waals surface area contributed by atoms with Gasteiger partial charge in [0.2, 0.25) is 0 Å². The molecule has 1 N–H and O–H groups in total. The van der Waals surface area contributed by atoms with Gasteiger partial charge in [-0.05, 0) is 35.9 Å². The van der Waals surface area contributed by atoms with Gasteiger partial charge in [0.15, 0.2) is 0 Å². The fraction of sp³-hybridized carbons (Fsp3) is 0.158. The molecule has 0 aliphatic carbocycles. The number of alkyl halides is 2. The Morgan fingerprint density at radius 3 is 2.62 bits per heavy atom. The van der Waals surface area contributed by atoms with Gasteiger partial charge in [0.05, 0.1) is 17.6 Å². The molecule has 0 atom stereocenters. The summed E-state index contributed by atoms with van der Waals surface area (Å²) >= 11 is 5.94. The van der Waals surface area contributed by atoms with Crippen LogP contribution in [0.1, 0.15) is 18.2 Å². The molecule has 2 aromatic heterocycles. The zero-order valence-corrected chi connectivity index (χ0v) is 14.6. The Balaban J connectivity index is 1.92. The summed E-state index contributed by atoms with van der Waals surface area (Å²) in [6.07, 6.45) is 2.42. The van der Waals surface area contributed by atoms with Crippen molar-refractivity contribution in [3.8, 4) is 11.3 Å². The molecule has 7 heteroatoms. The van der Waals surface area contributed by atoms with Crippen molar-refractivity contribution in [1.82, 2.24) is 9.97 Å². The first-order chi connectivity index (χ1) is 12.3. The number of aromatic nitrogens is 2. The second-order valence-electron chi connectivity index (χ2n) is 5.86. The average molecular weight is 378 g/mol. The van der Waals surface area contributed by atoms with Crippen LogP contribution in [0.5, 0.6) is 0 Å². The first-order valence-corrected chi connectivity index (χ1v) is 8.19. The second kappa shape index (κ2) is 7.33. The lowest BCUT2D eigenvalue weighted by molar-refractivity contribution is 0.0137. The average Bonchev–Trinajstić information content (AvgIpc) is 2.59. The highest BCUT2D eigenvalue weighted by Gasteiger charge is 2.30. The predicted molar refractivity (Wildman–Crippen MR) is 95.8 cm³/mol. The predicted octanol–water partition coefficient (Wildman–Crippen LogP) is 5.66. The summed E-state index contributed by atoms with van der Waals surface area (Å²) < 4.78 is 41.5. The van der Waals surface area contributed by atoms with Crippen molar-refractivity contribution in [3.63, 3.8) is 0 Å². The van der Waals surface area contributed by atoms with Crippen LogP contribution in [0.15, 0.2) is 54.9 Å². The molecule has 26 heavy (non-hydrogen) atoms. The molecular weight excluding hydrogens is 363 g/mol. The van der Waals surface area contributed by atoms with Gasteiger partial charge >= 0.3 is 0 Å². The van der Waals surface area contributed by atoms with Crippen molar-refractivity contribution < 1.29 is 13.2 Å². The highest BCUT2D eigenvalue weighted by molar-refractivity contribution is 6.30. The number of hydrogen-bond acceptors (Lipinski definition) is 3. The Bertz CT molecular complexity index is 926. The molecule has 3 nitrogen and oxygen atoms in total. The summed E-state index contributed by atoms with van der Waals surface area (Å²) in [7, 11) is 0. The maximum Gasteiger partial charge on any atom is 0.289 e. The molecule has 3 aromatic rings. The summed E-state index contributed by atoms with van der Waals surface area (Å²) in [4.78, 5) is 7.77. The largest absolute Gasteiger partial charge is 0.379 e. The summed E-state index contributed by atoms with van der Waals surface area (Å²) in [6.45, 7) is 1.08. The lowest BCUT2D eigenvalue weighted by Crippen LogP contribution is -2.15. The van der Waals surface area contributed by atoms with Crippen molar-refractivity contribution >= 4 is 17.3 Å².